The van der Waals surface area contributed by atoms with Gasteiger partial charge in [0.2, 0.25) is 5.91 Å². The van der Waals surface area contributed by atoms with Crippen molar-refractivity contribution in [3.63, 3.8) is 0 Å². The molecule has 1 aliphatic rings. The molecule has 0 aromatic heterocycles. The van der Waals surface area contributed by atoms with Crippen LogP contribution in [0.1, 0.15) is 26.7 Å². The number of amides is 1. The van der Waals surface area contributed by atoms with E-state index in [9.17, 15) is 9.90 Å². The van der Waals surface area contributed by atoms with E-state index in [2.05, 4.69) is 0 Å². The molecule has 82 valence electrons. The molecule has 0 aliphatic carbocycles. The monoisotopic (exact) mass is 219 g/mol. The molecule has 1 aliphatic heterocycles. The number of β-amino-alcohol motifs (C(OH)–C–C–N with tert-alkyl or cyclic N) is 1. The van der Waals surface area contributed by atoms with Crippen molar-refractivity contribution in [2.75, 3.05) is 19.0 Å². The number of nitrogens with zero attached hydrogens (tertiary/aromatic N) is 1. The van der Waals surface area contributed by atoms with Gasteiger partial charge in [-0.05, 0) is 12.3 Å². The molecule has 0 spiro atoms. The van der Waals surface area contributed by atoms with E-state index in [1.165, 1.54) is 0 Å². The third-order valence-corrected chi connectivity index (χ3v) is 3.15. The lowest BCUT2D eigenvalue weighted by molar-refractivity contribution is -0.163. The summed E-state index contributed by atoms with van der Waals surface area (Å²) in [6.45, 7) is 4.90. The van der Waals surface area contributed by atoms with Crippen molar-refractivity contribution in [2.45, 2.75) is 32.3 Å². The number of hydrogen-bond donors (Lipinski definition) is 1. The first-order valence-corrected chi connectivity index (χ1v) is 5.59. The molecular formula is C10H18ClNO2. The fourth-order valence-electron chi connectivity index (χ4n) is 1.53. The van der Waals surface area contributed by atoms with Crippen LogP contribution in [0.5, 0.6) is 0 Å². The highest BCUT2D eigenvalue weighted by molar-refractivity contribution is 6.17. The standard InChI is InChI=1S/C10H18ClNO2/c1-8(2)10(14)6-12(7-10)9(13)4-3-5-11/h8,14H,3-7H2,1-2H3. The molecule has 0 radical (unpaired) electrons. The Bertz CT molecular complexity index is 212. The lowest BCUT2D eigenvalue weighted by Gasteiger charge is -2.49. The maximum absolute atomic E-state index is 11.5. The fourth-order valence-corrected chi connectivity index (χ4v) is 1.67. The van der Waals surface area contributed by atoms with Gasteiger partial charge in [0.05, 0.1) is 13.1 Å². The summed E-state index contributed by atoms with van der Waals surface area (Å²) in [7, 11) is 0. The van der Waals surface area contributed by atoms with Crippen LogP contribution in [0.15, 0.2) is 0 Å². The smallest absolute Gasteiger partial charge is 0.222 e. The van der Waals surface area contributed by atoms with E-state index in [0.717, 1.165) is 6.42 Å². The quantitative estimate of drug-likeness (QED) is 0.723. The summed E-state index contributed by atoms with van der Waals surface area (Å²) >= 11 is 5.50. The Morgan fingerprint density at radius 3 is 2.57 bits per heavy atom. The van der Waals surface area contributed by atoms with Gasteiger partial charge in [-0.1, -0.05) is 13.8 Å². The van der Waals surface area contributed by atoms with Gasteiger partial charge in [0, 0.05) is 12.3 Å². The summed E-state index contributed by atoms with van der Waals surface area (Å²) in [5, 5.41) is 9.91. The molecule has 0 aromatic rings. The van der Waals surface area contributed by atoms with Gasteiger partial charge in [-0.2, -0.15) is 0 Å². The highest BCUT2D eigenvalue weighted by atomic mass is 35.5. The van der Waals surface area contributed by atoms with Crippen molar-refractivity contribution in [1.29, 1.82) is 0 Å². The number of likely N-dealkylation sites (tertiary alicyclic amines) is 1. The summed E-state index contributed by atoms with van der Waals surface area (Å²) in [5.74, 6) is 0.837. The molecule has 0 saturated carbocycles. The van der Waals surface area contributed by atoms with E-state index < -0.39 is 5.60 Å². The number of rotatable bonds is 4. The van der Waals surface area contributed by atoms with Gasteiger partial charge in [0.15, 0.2) is 0 Å². The first-order chi connectivity index (χ1) is 6.49. The average Bonchev–Trinajstić information content (AvgIpc) is 2.08. The Morgan fingerprint density at radius 1 is 1.57 bits per heavy atom. The van der Waals surface area contributed by atoms with Crippen molar-refractivity contribution < 1.29 is 9.90 Å². The van der Waals surface area contributed by atoms with E-state index in [-0.39, 0.29) is 11.8 Å². The Labute approximate surface area is 90.0 Å². The second-order valence-electron chi connectivity index (χ2n) is 4.30. The molecule has 1 saturated heterocycles. The molecule has 1 amide bonds. The highest BCUT2D eigenvalue weighted by Gasteiger charge is 2.45. The van der Waals surface area contributed by atoms with Gasteiger partial charge in [0.25, 0.3) is 0 Å². The van der Waals surface area contributed by atoms with Crippen LogP contribution in [-0.2, 0) is 4.79 Å². The lowest BCUT2D eigenvalue weighted by atomic mass is 9.83. The van der Waals surface area contributed by atoms with Crippen LogP contribution in [0, 0.1) is 5.92 Å². The van der Waals surface area contributed by atoms with E-state index >= 15 is 0 Å². The Hall–Kier alpha value is -0.280. The first-order valence-electron chi connectivity index (χ1n) is 5.06. The second-order valence-corrected chi connectivity index (χ2v) is 4.68. The average molecular weight is 220 g/mol. The normalized spacial score (nSPS) is 19.6. The molecule has 0 atom stereocenters. The zero-order chi connectivity index (χ0) is 10.8. The van der Waals surface area contributed by atoms with Gasteiger partial charge in [0.1, 0.15) is 5.60 Å². The molecule has 0 aromatic carbocycles. The van der Waals surface area contributed by atoms with Crippen LogP contribution in [0.3, 0.4) is 0 Å². The highest BCUT2D eigenvalue weighted by Crippen LogP contribution is 2.28. The molecule has 0 unspecified atom stereocenters. The Kier molecular flexibility index (Phi) is 3.78. The summed E-state index contributed by atoms with van der Waals surface area (Å²) < 4.78 is 0. The third kappa shape index (κ3) is 2.39. The van der Waals surface area contributed by atoms with Crippen molar-refractivity contribution in [3.05, 3.63) is 0 Å². The number of aliphatic hydroxyl groups is 1. The number of hydrogen-bond acceptors (Lipinski definition) is 2. The van der Waals surface area contributed by atoms with Crippen molar-refractivity contribution in [1.82, 2.24) is 4.90 Å². The number of alkyl halides is 1. The van der Waals surface area contributed by atoms with E-state index in [1.807, 2.05) is 13.8 Å². The number of halogens is 1. The molecule has 0 bridgehead atoms. The molecule has 1 rings (SSSR count). The van der Waals surface area contributed by atoms with Crippen LogP contribution in [-0.4, -0.2) is 40.5 Å². The van der Waals surface area contributed by atoms with Crippen LogP contribution in [0.4, 0.5) is 0 Å². The van der Waals surface area contributed by atoms with Gasteiger partial charge >= 0.3 is 0 Å². The number of carbonyl (C=O) groups excluding carboxylic acids is 1. The SMILES string of the molecule is CC(C)C1(O)CN(C(=O)CCCCl)C1. The van der Waals surface area contributed by atoms with Gasteiger partial charge in [-0.25, -0.2) is 0 Å². The first kappa shape index (κ1) is 11.8. The maximum atomic E-state index is 11.5. The summed E-state index contributed by atoms with van der Waals surface area (Å²) in [6.07, 6.45) is 1.22. The fraction of sp³-hybridized carbons (Fsp3) is 0.900. The molecule has 4 heteroatoms. The van der Waals surface area contributed by atoms with Gasteiger partial charge in [-0.15, -0.1) is 11.6 Å². The third-order valence-electron chi connectivity index (χ3n) is 2.88. The summed E-state index contributed by atoms with van der Waals surface area (Å²) in [6, 6.07) is 0. The predicted octanol–water partition coefficient (Wildman–Crippen LogP) is 1.23. The van der Waals surface area contributed by atoms with Crippen LogP contribution in [0.25, 0.3) is 0 Å². The molecule has 1 N–H and O–H groups in total. The zero-order valence-electron chi connectivity index (χ0n) is 8.79. The van der Waals surface area contributed by atoms with Crippen LogP contribution < -0.4 is 0 Å². The number of carbonyl (C=O) groups is 1. The van der Waals surface area contributed by atoms with Crippen molar-refractivity contribution in [3.8, 4) is 0 Å². The maximum Gasteiger partial charge on any atom is 0.222 e. The van der Waals surface area contributed by atoms with Gasteiger partial charge in [-0.3, -0.25) is 4.79 Å². The minimum atomic E-state index is -0.656. The summed E-state index contributed by atoms with van der Waals surface area (Å²) in [4.78, 5) is 13.2. The molecule has 14 heavy (non-hydrogen) atoms. The molecular weight excluding hydrogens is 202 g/mol. The van der Waals surface area contributed by atoms with Crippen molar-refractivity contribution in [2.24, 2.45) is 5.92 Å². The lowest BCUT2D eigenvalue weighted by Crippen LogP contribution is -2.65. The van der Waals surface area contributed by atoms with Crippen molar-refractivity contribution >= 4 is 17.5 Å². The van der Waals surface area contributed by atoms with E-state index in [0.29, 0.717) is 25.4 Å². The molecule has 1 heterocycles. The Balaban J connectivity index is 2.30. The zero-order valence-corrected chi connectivity index (χ0v) is 9.55. The molecule has 3 nitrogen and oxygen atoms in total. The summed E-state index contributed by atoms with van der Waals surface area (Å²) in [5.41, 5.74) is -0.656. The van der Waals surface area contributed by atoms with Crippen LogP contribution >= 0.6 is 11.6 Å². The van der Waals surface area contributed by atoms with Crippen LogP contribution in [0.2, 0.25) is 0 Å². The topological polar surface area (TPSA) is 40.5 Å². The second kappa shape index (κ2) is 4.49. The minimum Gasteiger partial charge on any atom is -0.386 e. The molecule has 1 fully saturated rings. The Morgan fingerprint density at radius 2 is 2.14 bits per heavy atom. The minimum absolute atomic E-state index is 0.107. The van der Waals surface area contributed by atoms with E-state index in [1.54, 1.807) is 4.90 Å². The van der Waals surface area contributed by atoms with E-state index in [4.69, 9.17) is 11.6 Å². The predicted molar refractivity (Wildman–Crippen MR) is 56.3 cm³/mol. The largest absolute Gasteiger partial charge is 0.386 e. The van der Waals surface area contributed by atoms with Gasteiger partial charge < -0.3 is 10.0 Å².